The van der Waals surface area contributed by atoms with Crippen LogP contribution < -0.4 is 0 Å². The molecule has 0 spiro atoms. The molecule has 0 aliphatic heterocycles. The summed E-state index contributed by atoms with van der Waals surface area (Å²) in [6.07, 6.45) is 11.8. The molecule has 0 amide bonds. The minimum atomic E-state index is -1.40. The van der Waals surface area contributed by atoms with Crippen molar-refractivity contribution < 1.29 is 13.7 Å². The Bertz CT molecular complexity index is 564. The fraction of sp³-hybridized carbons (Fsp3) is 0.682. The lowest BCUT2D eigenvalue weighted by atomic mass is 10.1. The Balaban J connectivity index is 1.90. The van der Waals surface area contributed by atoms with Gasteiger partial charge in [0.1, 0.15) is 0 Å². The van der Waals surface area contributed by atoms with Crippen molar-refractivity contribution in [1.82, 2.24) is 0 Å². The summed E-state index contributed by atoms with van der Waals surface area (Å²) in [5, 5.41) is 0. The molecule has 3 nitrogen and oxygen atoms in total. The summed E-state index contributed by atoms with van der Waals surface area (Å²) in [4.78, 5) is 12.5. The lowest BCUT2D eigenvalue weighted by molar-refractivity contribution is -0.144. The molecule has 0 radical (unpaired) electrons. The number of hydrogen-bond acceptors (Lipinski definition) is 3. The van der Waals surface area contributed by atoms with Crippen molar-refractivity contribution in [3.05, 3.63) is 30.3 Å². The number of unbranched alkanes of at least 4 members (excludes halogenated alkanes) is 9. The van der Waals surface area contributed by atoms with Gasteiger partial charge in [0.05, 0.1) is 17.4 Å². The molecule has 0 aliphatic rings. The average molecular weight is 449 g/mol. The molecule has 0 fully saturated rings. The molecule has 0 saturated heterocycles. The third-order valence-electron chi connectivity index (χ3n) is 4.65. The van der Waals surface area contributed by atoms with Crippen LogP contribution in [0.2, 0.25) is 0 Å². The number of hydrogen-bond donors (Lipinski definition) is 0. The van der Waals surface area contributed by atoms with Gasteiger partial charge in [0, 0.05) is 10.6 Å². The predicted octanol–water partition coefficient (Wildman–Crippen LogP) is 6.82. The molecule has 160 valence electrons. The Morgan fingerprint density at radius 2 is 1.39 bits per heavy atom. The summed E-state index contributed by atoms with van der Waals surface area (Å²) in [6.45, 7) is 2.04. The van der Waals surface area contributed by atoms with E-state index in [0.717, 1.165) is 42.8 Å². The van der Waals surface area contributed by atoms with E-state index in [1.165, 1.54) is 32.1 Å². The Morgan fingerprint density at radius 1 is 0.893 bits per heavy atom. The molecule has 6 heteroatoms. The van der Waals surface area contributed by atoms with Gasteiger partial charge in [0.2, 0.25) is 4.33 Å². The Morgan fingerprint density at radius 3 is 1.93 bits per heavy atom. The van der Waals surface area contributed by atoms with Gasteiger partial charge in [-0.2, -0.15) is 0 Å². The molecule has 1 atom stereocenters. The highest BCUT2D eigenvalue weighted by Crippen LogP contribution is 2.29. The van der Waals surface area contributed by atoms with Crippen LogP contribution in [-0.4, -0.2) is 26.9 Å². The zero-order valence-corrected chi connectivity index (χ0v) is 19.3. The molecule has 0 aliphatic carbocycles. The normalized spacial score (nSPS) is 12.7. The number of ether oxygens (including phenoxy) is 1. The molecular weight excluding hydrogens is 415 g/mol. The molecule has 0 bridgehead atoms. The van der Waals surface area contributed by atoms with Crippen LogP contribution >= 0.6 is 23.2 Å². The topological polar surface area (TPSA) is 43.4 Å². The molecule has 1 aromatic carbocycles. The van der Waals surface area contributed by atoms with Crippen LogP contribution in [0.15, 0.2) is 35.2 Å². The van der Waals surface area contributed by atoms with Crippen LogP contribution in [0.5, 0.6) is 0 Å². The number of alkyl halides is 2. The minimum Gasteiger partial charge on any atom is -0.464 e. The van der Waals surface area contributed by atoms with E-state index in [-0.39, 0.29) is 0 Å². The zero-order valence-electron chi connectivity index (χ0n) is 17.0. The lowest BCUT2D eigenvalue weighted by Gasteiger charge is -2.17. The lowest BCUT2D eigenvalue weighted by Crippen LogP contribution is -2.28. The second-order valence-corrected chi connectivity index (χ2v) is 10.1. The highest BCUT2D eigenvalue weighted by molar-refractivity contribution is 7.85. The first kappa shape index (κ1) is 25.5. The highest BCUT2D eigenvalue weighted by Gasteiger charge is 2.34. The Hall–Kier alpha value is -0.580. The Labute approximate surface area is 183 Å². The fourth-order valence-corrected chi connectivity index (χ4v) is 4.56. The van der Waals surface area contributed by atoms with E-state index < -0.39 is 21.1 Å². The summed E-state index contributed by atoms with van der Waals surface area (Å²) >= 11 is 12.0. The van der Waals surface area contributed by atoms with Gasteiger partial charge in [-0.05, 0) is 38.3 Å². The maximum Gasteiger partial charge on any atom is 0.342 e. The third kappa shape index (κ3) is 11.4. The largest absolute Gasteiger partial charge is 0.464 e. The van der Waals surface area contributed by atoms with Gasteiger partial charge >= 0.3 is 5.97 Å². The van der Waals surface area contributed by atoms with Crippen LogP contribution in [-0.2, 0) is 20.3 Å². The molecule has 28 heavy (non-hydrogen) atoms. The molecule has 0 saturated carbocycles. The van der Waals surface area contributed by atoms with E-state index in [2.05, 4.69) is 0 Å². The smallest absolute Gasteiger partial charge is 0.342 e. The van der Waals surface area contributed by atoms with Crippen molar-refractivity contribution in [3.8, 4) is 0 Å². The maximum atomic E-state index is 12.1. The van der Waals surface area contributed by atoms with E-state index >= 15 is 0 Å². The second kappa shape index (κ2) is 15.3. The summed E-state index contributed by atoms with van der Waals surface area (Å²) < 4.78 is 15.6. The third-order valence-corrected chi connectivity index (χ3v) is 6.79. The number of halogens is 2. The number of carbonyl (C=O) groups is 1. The van der Waals surface area contributed by atoms with Crippen molar-refractivity contribution in [2.24, 2.45) is 0 Å². The monoisotopic (exact) mass is 448 g/mol. The van der Waals surface area contributed by atoms with Crippen molar-refractivity contribution >= 4 is 40.0 Å². The van der Waals surface area contributed by atoms with Gasteiger partial charge in [0.25, 0.3) is 0 Å². The number of rotatable bonds is 16. The van der Waals surface area contributed by atoms with E-state index in [1.54, 1.807) is 6.92 Å². The molecular formula is C22H34Cl2O3S. The first-order chi connectivity index (χ1) is 13.5. The van der Waals surface area contributed by atoms with E-state index in [0.29, 0.717) is 13.0 Å². The quantitative estimate of drug-likeness (QED) is 0.158. The van der Waals surface area contributed by atoms with Gasteiger partial charge in [-0.3, -0.25) is 4.21 Å². The Kier molecular flexibility index (Phi) is 13.9. The summed E-state index contributed by atoms with van der Waals surface area (Å²) in [6, 6.07) is 9.71. The van der Waals surface area contributed by atoms with Crippen molar-refractivity contribution in [1.29, 1.82) is 0 Å². The van der Waals surface area contributed by atoms with E-state index in [4.69, 9.17) is 27.9 Å². The van der Waals surface area contributed by atoms with Gasteiger partial charge in [-0.1, -0.05) is 92.8 Å². The number of benzene rings is 1. The number of carbonyl (C=O) groups excluding carboxylic acids is 1. The standard InChI is InChI=1S/C22H34Cl2O3S/c1-2-27-21(25)22(23,24)18-14-9-7-5-3-4-6-8-10-15-19-28(26)20-16-12-11-13-17-20/h11-13,16-17H,2-10,14-15,18-19H2,1H3. The van der Waals surface area contributed by atoms with Gasteiger partial charge in [-0.15, -0.1) is 0 Å². The fourth-order valence-electron chi connectivity index (χ4n) is 3.02. The summed E-state index contributed by atoms with van der Waals surface area (Å²) in [5.74, 6) is 0.226. The van der Waals surface area contributed by atoms with Crippen LogP contribution in [0.3, 0.4) is 0 Å². The van der Waals surface area contributed by atoms with Gasteiger partial charge in [0.15, 0.2) is 0 Å². The predicted molar refractivity (Wildman–Crippen MR) is 120 cm³/mol. The second-order valence-electron chi connectivity index (χ2n) is 7.07. The first-order valence-corrected chi connectivity index (χ1v) is 12.5. The summed E-state index contributed by atoms with van der Waals surface area (Å²) in [5.41, 5.74) is 0. The molecule has 0 aromatic heterocycles. The van der Waals surface area contributed by atoms with Crippen LogP contribution in [0.4, 0.5) is 0 Å². The highest BCUT2D eigenvalue weighted by atomic mass is 35.5. The molecule has 1 aromatic rings. The maximum absolute atomic E-state index is 12.1. The average Bonchev–Trinajstić information content (AvgIpc) is 2.69. The molecule has 1 rings (SSSR count). The number of esters is 1. The zero-order chi connectivity index (χ0) is 20.7. The molecule has 0 N–H and O–H groups in total. The van der Waals surface area contributed by atoms with E-state index in [1.807, 2.05) is 30.3 Å². The molecule has 0 heterocycles. The van der Waals surface area contributed by atoms with Crippen LogP contribution in [0, 0.1) is 0 Å². The minimum absolute atomic E-state index is 0.297. The van der Waals surface area contributed by atoms with Gasteiger partial charge in [-0.25, -0.2) is 4.79 Å². The van der Waals surface area contributed by atoms with Crippen LogP contribution in [0.1, 0.15) is 77.6 Å². The SMILES string of the molecule is CCOC(=O)C(Cl)(Cl)CCCCCCCCCCCCS(=O)c1ccccc1. The van der Waals surface area contributed by atoms with Crippen molar-refractivity contribution in [3.63, 3.8) is 0 Å². The van der Waals surface area contributed by atoms with E-state index in [9.17, 15) is 9.00 Å². The summed E-state index contributed by atoms with van der Waals surface area (Å²) in [7, 11) is -0.856. The first-order valence-electron chi connectivity index (χ1n) is 10.5. The van der Waals surface area contributed by atoms with Crippen LogP contribution in [0.25, 0.3) is 0 Å². The van der Waals surface area contributed by atoms with Crippen molar-refractivity contribution in [2.45, 2.75) is 86.8 Å². The van der Waals surface area contributed by atoms with Crippen molar-refractivity contribution in [2.75, 3.05) is 12.4 Å². The molecule has 1 unspecified atom stereocenters. The van der Waals surface area contributed by atoms with Gasteiger partial charge < -0.3 is 4.74 Å².